The Morgan fingerprint density at radius 1 is 0.743 bits per heavy atom. The van der Waals surface area contributed by atoms with E-state index < -0.39 is 29.1 Å². The highest BCUT2D eigenvalue weighted by Crippen LogP contribution is 2.40. The molecule has 35 heavy (non-hydrogen) atoms. The molecule has 3 aromatic rings. The zero-order valence-electron chi connectivity index (χ0n) is 19.4. The van der Waals surface area contributed by atoms with Crippen LogP contribution in [0.5, 0.6) is 11.5 Å². The molecule has 0 bridgehead atoms. The molecule has 4 rings (SSSR count). The third-order valence-corrected chi connectivity index (χ3v) is 6.20. The van der Waals surface area contributed by atoms with Crippen LogP contribution in [-0.2, 0) is 0 Å². The normalized spacial score (nSPS) is 15.6. The van der Waals surface area contributed by atoms with Gasteiger partial charge in [0.05, 0.1) is 13.2 Å². The topological polar surface area (TPSA) is 18.5 Å². The van der Waals surface area contributed by atoms with Crippen LogP contribution in [0.1, 0.15) is 50.2 Å². The average Bonchev–Trinajstić information content (AvgIpc) is 2.86. The van der Waals surface area contributed by atoms with Crippen LogP contribution in [0.3, 0.4) is 0 Å². The summed E-state index contributed by atoms with van der Waals surface area (Å²) < 4.78 is 82.8. The van der Waals surface area contributed by atoms with Crippen molar-refractivity contribution in [3.63, 3.8) is 0 Å². The Morgan fingerprint density at radius 2 is 1.34 bits per heavy atom. The van der Waals surface area contributed by atoms with Crippen LogP contribution in [-0.4, -0.2) is 13.2 Å². The van der Waals surface area contributed by atoms with E-state index in [0.717, 1.165) is 0 Å². The molecule has 0 heterocycles. The first-order valence-corrected chi connectivity index (χ1v) is 11.6. The van der Waals surface area contributed by atoms with Gasteiger partial charge in [-0.3, -0.25) is 0 Å². The lowest BCUT2D eigenvalue weighted by Crippen LogP contribution is -2.08. The molecule has 2 nitrogen and oxygen atoms in total. The zero-order valence-corrected chi connectivity index (χ0v) is 19.4. The fraction of sp³-hybridized carbons (Fsp3) is 0.286. The summed E-state index contributed by atoms with van der Waals surface area (Å²) in [6.07, 6.45) is 3.20. The molecular weight excluding hydrogens is 463 g/mol. The second-order valence-electron chi connectivity index (χ2n) is 8.28. The largest absolute Gasteiger partial charge is 0.491 e. The van der Waals surface area contributed by atoms with Crippen molar-refractivity contribution in [3.05, 3.63) is 88.8 Å². The van der Waals surface area contributed by atoms with E-state index in [9.17, 15) is 17.6 Å². The van der Waals surface area contributed by atoms with Crippen molar-refractivity contribution in [1.29, 1.82) is 0 Å². The van der Waals surface area contributed by atoms with Gasteiger partial charge in [-0.2, -0.15) is 8.78 Å². The minimum absolute atomic E-state index is 0.0600. The highest BCUT2D eigenvalue weighted by molar-refractivity contribution is 5.69. The van der Waals surface area contributed by atoms with Gasteiger partial charge < -0.3 is 9.47 Å². The minimum atomic E-state index is -1.11. The highest BCUT2D eigenvalue weighted by Gasteiger charge is 2.24. The van der Waals surface area contributed by atoms with E-state index in [1.165, 1.54) is 30.3 Å². The van der Waals surface area contributed by atoms with Crippen molar-refractivity contribution in [2.45, 2.75) is 39.0 Å². The maximum atomic E-state index is 15.0. The summed E-state index contributed by atoms with van der Waals surface area (Å²) >= 11 is 0. The van der Waals surface area contributed by atoms with Gasteiger partial charge in [0, 0.05) is 11.1 Å². The maximum absolute atomic E-state index is 15.0. The first-order chi connectivity index (χ1) is 16.8. The molecule has 7 heteroatoms. The monoisotopic (exact) mass is 488 g/mol. The molecule has 0 fully saturated rings. The van der Waals surface area contributed by atoms with Gasteiger partial charge >= 0.3 is 0 Å². The van der Waals surface area contributed by atoms with Crippen molar-refractivity contribution in [3.8, 4) is 22.6 Å². The van der Waals surface area contributed by atoms with Gasteiger partial charge in [-0.05, 0) is 86.1 Å². The lowest BCUT2D eigenvalue weighted by atomic mass is 9.82. The summed E-state index contributed by atoms with van der Waals surface area (Å²) in [5.41, 5.74) is 1.42. The molecule has 3 aromatic carbocycles. The Morgan fingerprint density at radius 3 is 1.89 bits per heavy atom. The number of benzene rings is 3. The molecule has 0 N–H and O–H groups in total. The van der Waals surface area contributed by atoms with Crippen LogP contribution in [0.2, 0.25) is 0 Å². The predicted molar refractivity (Wildman–Crippen MR) is 125 cm³/mol. The lowest BCUT2D eigenvalue weighted by Gasteiger charge is -2.24. The van der Waals surface area contributed by atoms with Gasteiger partial charge in [-0.15, -0.1) is 0 Å². The van der Waals surface area contributed by atoms with E-state index >= 15 is 4.39 Å². The molecule has 1 aliphatic carbocycles. The summed E-state index contributed by atoms with van der Waals surface area (Å²) in [4.78, 5) is 0. The van der Waals surface area contributed by atoms with E-state index in [4.69, 9.17) is 9.47 Å². The minimum Gasteiger partial charge on any atom is -0.491 e. The van der Waals surface area contributed by atoms with Crippen molar-refractivity contribution in [1.82, 2.24) is 0 Å². The Kier molecular flexibility index (Phi) is 7.43. The van der Waals surface area contributed by atoms with Gasteiger partial charge in [0.15, 0.2) is 23.1 Å². The van der Waals surface area contributed by atoms with E-state index in [0.29, 0.717) is 30.4 Å². The van der Waals surface area contributed by atoms with Gasteiger partial charge in [0.25, 0.3) is 0 Å². The predicted octanol–water partition coefficient (Wildman–Crippen LogP) is 8.20. The Bertz CT molecular complexity index is 1270. The number of hydrogen-bond donors (Lipinski definition) is 0. The van der Waals surface area contributed by atoms with Crippen LogP contribution in [0.25, 0.3) is 16.7 Å². The van der Waals surface area contributed by atoms with Crippen LogP contribution < -0.4 is 9.47 Å². The molecule has 0 saturated carbocycles. The van der Waals surface area contributed by atoms with E-state index in [1.807, 2.05) is 0 Å². The van der Waals surface area contributed by atoms with Gasteiger partial charge in [-0.1, -0.05) is 18.2 Å². The zero-order chi connectivity index (χ0) is 25.1. The third-order valence-electron chi connectivity index (χ3n) is 6.20. The molecule has 184 valence electrons. The first kappa shape index (κ1) is 24.8. The molecule has 0 aliphatic heterocycles. The number of rotatable bonds is 7. The Hall–Kier alpha value is -3.35. The Balaban J connectivity index is 1.54. The average molecular weight is 488 g/mol. The van der Waals surface area contributed by atoms with Crippen LogP contribution in [0, 0.1) is 29.1 Å². The fourth-order valence-electron chi connectivity index (χ4n) is 4.46. The quantitative estimate of drug-likeness (QED) is 0.312. The number of hydrogen-bond acceptors (Lipinski definition) is 2. The molecule has 0 amide bonds. The Labute approximate surface area is 201 Å². The van der Waals surface area contributed by atoms with E-state index in [-0.39, 0.29) is 47.3 Å². The third kappa shape index (κ3) is 4.90. The summed E-state index contributed by atoms with van der Waals surface area (Å²) in [5, 5.41) is 0. The number of halogens is 5. The van der Waals surface area contributed by atoms with Gasteiger partial charge in [0.2, 0.25) is 11.6 Å². The molecule has 0 aromatic heterocycles. The molecule has 1 atom stereocenters. The van der Waals surface area contributed by atoms with Gasteiger partial charge in [0.1, 0.15) is 5.82 Å². The van der Waals surface area contributed by atoms with Gasteiger partial charge in [-0.25, -0.2) is 13.2 Å². The molecule has 1 aliphatic rings. The molecule has 0 radical (unpaired) electrons. The highest BCUT2D eigenvalue weighted by atomic mass is 19.2. The van der Waals surface area contributed by atoms with Crippen LogP contribution in [0.4, 0.5) is 22.0 Å². The summed E-state index contributed by atoms with van der Waals surface area (Å²) in [7, 11) is 0. The van der Waals surface area contributed by atoms with Crippen molar-refractivity contribution < 1.29 is 31.4 Å². The smallest absolute Gasteiger partial charge is 0.201 e. The van der Waals surface area contributed by atoms with E-state index in [2.05, 4.69) is 0 Å². The first-order valence-electron chi connectivity index (χ1n) is 11.6. The summed E-state index contributed by atoms with van der Waals surface area (Å²) in [6, 6.07) is 9.89. The molecule has 1 unspecified atom stereocenters. The second kappa shape index (κ2) is 10.5. The number of allylic oxidation sites excluding steroid dienone is 2. The van der Waals surface area contributed by atoms with Crippen LogP contribution >= 0.6 is 0 Å². The SMILES string of the molecule is CCOc1ccc(C2=CCC(c3ccc(-c4ccc(OCC)c(F)c4F)cc3F)CC2)c(F)c1F. The van der Waals surface area contributed by atoms with Crippen molar-refractivity contribution in [2.75, 3.05) is 13.2 Å². The molecule has 0 spiro atoms. The maximum Gasteiger partial charge on any atom is 0.201 e. The fourth-order valence-corrected chi connectivity index (χ4v) is 4.46. The summed E-state index contributed by atoms with van der Waals surface area (Å²) in [6.45, 7) is 3.77. The van der Waals surface area contributed by atoms with Crippen LogP contribution in [0.15, 0.2) is 48.5 Å². The lowest BCUT2D eigenvalue weighted by molar-refractivity contribution is 0.314. The van der Waals surface area contributed by atoms with Crippen molar-refractivity contribution >= 4 is 5.57 Å². The second-order valence-corrected chi connectivity index (χ2v) is 8.28. The van der Waals surface area contributed by atoms with Crippen molar-refractivity contribution in [2.24, 2.45) is 0 Å². The summed E-state index contributed by atoms with van der Waals surface area (Å²) in [5.74, 6) is -5.22. The molecular formula is C28H25F5O2. The standard InChI is InChI=1S/C28H25F5O2/c1-3-34-23-13-11-20(25(30)27(23)32)17-7-5-16(6-8-17)19-10-9-18(15-22(19)29)21-12-14-24(35-4-2)28(33)26(21)31/h7,9-16H,3-6,8H2,1-2H3. The number of ether oxygens (including phenoxy) is 2. The van der Waals surface area contributed by atoms with E-state index in [1.54, 1.807) is 32.1 Å². The molecule has 0 saturated heterocycles.